The second kappa shape index (κ2) is 10.7. The molecule has 10 nitrogen and oxygen atoms in total. The van der Waals surface area contributed by atoms with Crippen LogP contribution in [0.15, 0.2) is 57.2 Å². The summed E-state index contributed by atoms with van der Waals surface area (Å²) in [6, 6.07) is 10.1. The number of carbonyl (C=O) groups is 1. The zero-order valence-electron chi connectivity index (χ0n) is 19.2. The molecule has 184 valence electrons. The lowest BCUT2D eigenvalue weighted by Gasteiger charge is -2.27. The second-order valence-electron chi connectivity index (χ2n) is 8.35. The Morgan fingerprint density at radius 2 is 1.89 bits per heavy atom. The van der Waals surface area contributed by atoms with Crippen molar-refractivity contribution in [2.75, 3.05) is 0 Å². The number of ether oxygens (including phenoxy) is 1. The highest BCUT2D eigenvalue weighted by molar-refractivity contribution is 6.30. The van der Waals surface area contributed by atoms with Gasteiger partial charge in [0.25, 0.3) is 0 Å². The van der Waals surface area contributed by atoms with Crippen LogP contribution in [0.5, 0.6) is 5.75 Å². The number of pyridine rings is 1. The van der Waals surface area contributed by atoms with Gasteiger partial charge < -0.3 is 9.84 Å². The Kier molecular flexibility index (Phi) is 7.50. The number of rotatable bonds is 7. The number of H-pyrrole nitrogens is 1. The SMILES string of the molecule is CCn1c(=O)[nH]/c(=N\[C@H]2CC[C@H](Oc3ccnc(C(=O)O)c3)CC2)n(Cc2ccc(Cl)cc2)c1=O. The number of carboxylic acids is 1. The molecule has 1 aromatic carbocycles. The summed E-state index contributed by atoms with van der Waals surface area (Å²) in [4.78, 5) is 47.9. The number of benzene rings is 1. The topological polar surface area (TPSA) is 132 Å². The van der Waals surface area contributed by atoms with Crippen LogP contribution in [-0.4, -0.2) is 42.3 Å². The molecule has 0 radical (unpaired) electrons. The van der Waals surface area contributed by atoms with Gasteiger partial charge in [-0.25, -0.2) is 28.9 Å². The summed E-state index contributed by atoms with van der Waals surface area (Å²) >= 11 is 5.98. The molecule has 0 atom stereocenters. The smallest absolute Gasteiger partial charge is 0.354 e. The van der Waals surface area contributed by atoms with E-state index in [1.54, 1.807) is 25.1 Å². The van der Waals surface area contributed by atoms with E-state index in [0.717, 1.165) is 10.1 Å². The van der Waals surface area contributed by atoms with Crippen molar-refractivity contribution >= 4 is 17.6 Å². The van der Waals surface area contributed by atoms with E-state index in [4.69, 9.17) is 26.4 Å². The van der Waals surface area contributed by atoms with E-state index in [0.29, 0.717) is 36.5 Å². The molecule has 35 heavy (non-hydrogen) atoms. The van der Waals surface area contributed by atoms with Crippen molar-refractivity contribution in [1.82, 2.24) is 19.1 Å². The van der Waals surface area contributed by atoms with E-state index >= 15 is 0 Å². The van der Waals surface area contributed by atoms with Crippen molar-refractivity contribution in [1.29, 1.82) is 0 Å². The molecular formula is C24H26ClN5O5. The molecule has 0 saturated heterocycles. The number of carboxylic acid groups (broad SMARTS) is 1. The fourth-order valence-corrected chi connectivity index (χ4v) is 4.23. The third kappa shape index (κ3) is 5.89. The van der Waals surface area contributed by atoms with Crippen molar-refractivity contribution in [3.05, 3.63) is 85.5 Å². The molecule has 4 rings (SSSR count). The van der Waals surface area contributed by atoms with Crippen molar-refractivity contribution in [2.24, 2.45) is 4.99 Å². The van der Waals surface area contributed by atoms with Gasteiger partial charge in [-0.3, -0.25) is 9.55 Å². The highest BCUT2D eigenvalue weighted by Gasteiger charge is 2.23. The monoisotopic (exact) mass is 499 g/mol. The van der Waals surface area contributed by atoms with Crippen LogP contribution in [0.25, 0.3) is 0 Å². The first-order valence-electron chi connectivity index (χ1n) is 11.4. The van der Waals surface area contributed by atoms with E-state index in [1.807, 2.05) is 12.1 Å². The molecule has 1 aliphatic carbocycles. The Morgan fingerprint density at radius 1 is 1.17 bits per heavy atom. The van der Waals surface area contributed by atoms with E-state index in [9.17, 15) is 14.4 Å². The Morgan fingerprint density at radius 3 is 2.54 bits per heavy atom. The first kappa shape index (κ1) is 24.5. The Hall–Kier alpha value is -3.66. The lowest BCUT2D eigenvalue weighted by atomic mass is 9.93. The summed E-state index contributed by atoms with van der Waals surface area (Å²) in [6.07, 6.45) is 4.12. The fraction of sp³-hybridized carbons (Fsp3) is 0.375. The third-order valence-corrected chi connectivity index (χ3v) is 6.21. The Balaban J connectivity index is 1.54. The van der Waals surface area contributed by atoms with Gasteiger partial charge in [0.2, 0.25) is 5.62 Å². The van der Waals surface area contributed by atoms with Gasteiger partial charge in [0.1, 0.15) is 5.75 Å². The lowest BCUT2D eigenvalue weighted by molar-refractivity contribution is 0.0689. The largest absolute Gasteiger partial charge is 0.490 e. The van der Waals surface area contributed by atoms with Crippen LogP contribution in [0, 0.1) is 0 Å². The summed E-state index contributed by atoms with van der Waals surface area (Å²) in [5.41, 5.74) is 0.116. The lowest BCUT2D eigenvalue weighted by Crippen LogP contribution is -2.50. The normalized spacial score (nSPS) is 18.4. The highest BCUT2D eigenvalue weighted by atomic mass is 35.5. The minimum atomic E-state index is -1.11. The average Bonchev–Trinajstić information content (AvgIpc) is 2.84. The summed E-state index contributed by atoms with van der Waals surface area (Å²) in [6.45, 7) is 2.23. The van der Waals surface area contributed by atoms with E-state index in [-0.39, 0.29) is 36.5 Å². The highest BCUT2D eigenvalue weighted by Crippen LogP contribution is 2.25. The maximum atomic E-state index is 13.0. The minimum Gasteiger partial charge on any atom is -0.490 e. The molecule has 1 fully saturated rings. The first-order valence-corrected chi connectivity index (χ1v) is 11.8. The fourth-order valence-electron chi connectivity index (χ4n) is 4.11. The van der Waals surface area contributed by atoms with Gasteiger partial charge in [0, 0.05) is 23.8 Å². The molecule has 1 saturated carbocycles. The maximum Gasteiger partial charge on any atom is 0.354 e. The molecule has 1 aliphatic rings. The molecule has 11 heteroatoms. The number of hydrogen-bond donors (Lipinski definition) is 2. The predicted molar refractivity (Wildman–Crippen MR) is 129 cm³/mol. The zero-order chi connectivity index (χ0) is 24.9. The third-order valence-electron chi connectivity index (χ3n) is 5.95. The van der Waals surface area contributed by atoms with Crippen molar-refractivity contribution < 1.29 is 14.6 Å². The predicted octanol–water partition coefficient (Wildman–Crippen LogP) is 2.44. The second-order valence-corrected chi connectivity index (χ2v) is 8.79. The summed E-state index contributed by atoms with van der Waals surface area (Å²) in [5, 5.41) is 9.70. The summed E-state index contributed by atoms with van der Waals surface area (Å²) in [7, 11) is 0. The van der Waals surface area contributed by atoms with Gasteiger partial charge >= 0.3 is 17.3 Å². The number of nitrogens with zero attached hydrogens (tertiary/aromatic N) is 4. The summed E-state index contributed by atoms with van der Waals surface area (Å²) in [5.74, 6) is -0.644. The number of aromatic nitrogens is 4. The van der Waals surface area contributed by atoms with E-state index in [2.05, 4.69) is 9.97 Å². The van der Waals surface area contributed by atoms with E-state index < -0.39 is 17.3 Å². The van der Waals surface area contributed by atoms with Crippen LogP contribution in [-0.2, 0) is 13.1 Å². The van der Waals surface area contributed by atoms with Crippen LogP contribution < -0.4 is 21.7 Å². The van der Waals surface area contributed by atoms with Crippen molar-refractivity contribution in [3.8, 4) is 5.75 Å². The molecule has 2 N–H and O–H groups in total. The number of hydrogen-bond acceptors (Lipinski definition) is 6. The summed E-state index contributed by atoms with van der Waals surface area (Å²) < 4.78 is 8.57. The van der Waals surface area contributed by atoms with Crippen LogP contribution in [0.1, 0.15) is 48.7 Å². The molecule has 0 aliphatic heterocycles. The molecule has 2 aromatic heterocycles. The van der Waals surface area contributed by atoms with Gasteiger partial charge in [-0.2, -0.15) is 0 Å². The van der Waals surface area contributed by atoms with Gasteiger partial charge in [-0.15, -0.1) is 0 Å². The Labute approximate surface area is 205 Å². The number of halogens is 1. The van der Waals surface area contributed by atoms with Gasteiger partial charge in [0.15, 0.2) is 5.69 Å². The van der Waals surface area contributed by atoms with Crippen molar-refractivity contribution in [3.63, 3.8) is 0 Å². The van der Waals surface area contributed by atoms with E-state index in [1.165, 1.54) is 16.8 Å². The molecule has 0 unspecified atom stereocenters. The quantitative estimate of drug-likeness (QED) is 0.513. The molecule has 0 spiro atoms. The number of nitrogens with one attached hydrogen (secondary N) is 1. The van der Waals surface area contributed by atoms with Gasteiger partial charge in [0.05, 0.1) is 18.7 Å². The van der Waals surface area contributed by atoms with Crippen LogP contribution >= 0.6 is 11.6 Å². The zero-order valence-corrected chi connectivity index (χ0v) is 19.9. The molecule has 0 amide bonds. The minimum absolute atomic E-state index is 0.0674. The first-order chi connectivity index (χ1) is 16.8. The molecule has 3 aromatic rings. The molecule has 2 heterocycles. The number of aromatic carboxylic acids is 1. The van der Waals surface area contributed by atoms with Gasteiger partial charge in [-0.1, -0.05) is 23.7 Å². The van der Waals surface area contributed by atoms with Crippen LogP contribution in [0.4, 0.5) is 0 Å². The van der Waals surface area contributed by atoms with Crippen LogP contribution in [0.3, 0.4) is 0 Å². The standard InChI is InChI=1S/C24H26ClN5O5/c1-2-29-23(33)28-22(30(24(29)34)14-15-3-5-16(25)6-4-15)27-17-7-9-18(10-8-17)35-19-11-12-26-20(13-19)21(31)32/h3-6,11-13,17-18H,2,7-10,14H2,1H3,(H,31,32)(H,27,28,33)/t17-,18-. The Bertz CT molecular complexity index is 1380. The van der Waals surface area contributed by atoms with Gasteiger partial charge in [-0.05, 0) is 56.4 Å². The number of aromatic amines is 1. The average molecular weight is 500 g/mol. The maximum absolute atomic E-state index is 13.0. The van der Waals surface area contributed by atoms with Crippen LogP contribution in [0.2, 0.25) is 5.02 Å². The molecular weight excluding hydrogens is 474 g/mol. The van der Waals surface area contributed by atoms with Crippen molar-refractivity contribution in [2.45, 2.75) is 57.8 Å². The molecule has 0 bridgehead atoms.